The maximum absolute atomic E-state index is 4.39. The van der Waals surface area contributed by atoms with Crippen LogP contribution < -0.4 is 5.32 Å². The zero-order valence-corrected chi connectivity index (χ0v) is 11.3. The van der Waals surface area contributed by atoms with Gasteiger partial charge in [-0.1, -0.05) is 6.07 Å². The van der Waals surface area contributed by atoms with Crippen molar-refractivity contribution in [3.05, 3.63) is 24.4 Å². The second-order valence-electron chi connectivity index (χ2n) is 4.79. The Morgan fingerprint density at radius 1 is 1.39 bits per heavy atom. The Labute approximate surface area is 108 Å². The van der Waals surface area contributed by atoms with Crippen molar-refractivity contribution in [2.24, 2.45) is 0 Å². The van der Waals surface area contributed by atoms with E-state index in [2.05, 4.69) is 41.2 Å². The smallest absolute Gasteiger partial charge is 0.243 e. The highest BCUT2D eigenvalue weighted by molar-refractivity contribution is 5.42. The third-order valence-corrected chi connectivity index (χ3v) is 3.09. The van der Waals surface area contributed by atoms with Crippen molar-refractivity contribution in [1.29, 1.82) is 0 Å². The molecule has 0 aliphatic heterocycles. The van der Waals surface area contributed by atoms with Gasteiger partial charge in [0.2, 0.25) is 5.95 Å². The molecule has 2 aromatic heterocycles. The number of rotatable bonds is 6. The van der Waals surface area contributed by atoms with E-state index in [-0.39, 0.29) is 0 Å². The van der Waals surface area contributed by atoms with Gasteiger partial charge in [0.25, 0.3) is 0 Å². The summed E-state index contributed by atoms with van der Waals surface area (Å²) in [5, 5.41) is 7.60. The highest BCUT2D eigenvalue weighted by atomic mass is 15.3. The first-order valence-electron chi connectivity index (χ1n) is 6.42. The fraction of sp³-hybridized carbons (Fsp3) is 0.538. The molecule has 0 unspecified atom stereocenters. The van der Waals surface area contributed by atoms with Gasteiger partial charge in [0, 0.05) is 18.8 Å². The van der Waals surface area contributed by atoms with E-state index in [9.17, 15) is 0 Å². The Hall–Kier alpha value is -1.62. The van der Waals surface area contributed by atoms with Crippen LogP contribution in [0.15, 0.2) is 24.4 Å². The first kappa shape index (κ1) is 12.8. The zero-order chi connectivity index (χ0) is 13.0. The summed E-state index contributed by atoms with van der Waals surface area (Å²) >= 11 is 0. The molecule has 0 aliphatic carbocycles. The summed E-state index contributed by atoms with van der Waals surface area (Å²) in [6.45, 7) is 6.39. The molecule has 0 atom stereocenters. The minimum Gasteiger partial charge on any atom is -0.353 e. The van der Waals surface area contributed by atoms with Gasteiger partial charge in [-0.2, -0.15) is 4.98 Å². The molecule has 5 heteroatoms. The van der Waals surface area contributed by atoms with E-state index >= 15 is 0 Å². The standard InChI is InChI=1S/C13H21N5/c1-11(2)17(3)9-6-8-14-13-15-12-7-4-5-10-18(12)16-13/h4-5,7,10-11H,6,8-9H2,1-3H3,(H,14,16). The summed E-state index contributed by atoms with van der Waals surface area (Å²) in [6, 6.07) is 6.46. The minimum atomic E-state index is 0.596. The Bertz CT molecular complexity index is 458. The number of hydrogen-bond donors (Lipinski definition) is 1. The van der Waals surface area contributed by atoms with Crippen LogP contribution in [0.1, 0.15) is 20.3 Å². The predicted molar refractivity (Wildman–Crippen MR) is 73.9 cm³/mol. The van der Waals surface area contributed by atoms with Crippen LogP contribution in [-0.4, -0.2) is 45.7 Å². The van der Waals surface area contributed by atoms with Gasteiger partial charge < -0.3 is 10.2 Å². The van der Waals surface area contributed by atoms with Gasteiger partial charge in [-0.05, 0) is 46.0 Å². The van der Waals surface area contributed by atoms with Crippen LogP contribution in [0.25, 0.3) is 5.65 Å². The number of pyridine rings is 1. The van der Waals surface area contributed by atoms with Crippen LogP contribution in [0.4, 0.5) is 5.95 Å². The second-order valence-corrected chi connectivity index (χ2v) is 4.79. The lowest BCUT2D eigenvalue weighted by atomic mass is 10.3. The first-order chi connectivity index (χ1) is 8.66. The Kier molecular flexibility index (Phi) is 4.15. The molecule has 2 aromatic rings. The molecule has 0 bridgehead atoms. The van der Waals surface area contributed by atoms with Gasteiger partial charge in [0.15, 0.2) is 5.65 Å². The number of hydrogen-bond acceptors (Lipinski definition) is 4. The molecule has 98 valence electrons. The van der Waals surface area contributed by atoms with Gasteiger partial charge >= 0.3 is 0 Å². The number of nitrogens with one attached hydrogen (secondary N) is 1. The predicted octanol–water partition coefficient (Wildman–Crippen LogP) is 1.87. The highest BCUT2D eigenvalue weighted by Crippen LogP contribution is 2.04. The zero-order valence-electron chi connectivity index (χ0n) is 11.3. The summed E-state index contributed by atoms with van der Waals surface area (Å²) < 4.78 is 1.78. The second kappa shape index (κ2) is 5.82. The molecule has 0 saturated carbocycles. The van der Waals surface area contributed by atoms with Crippen molar-refractivity contribution in [3.63, 3.8) is 0 Å². The number of aromatic nitrogens is 3. The summed E-state index contributed by atoms with van der Waals surface area (Å²) in [4.78, 5) is 6.72. The monoisotopic (exact) mass is 247 g/mol. The van der Waals surface area contributed by atoms with Crippen molar-refractivity contribution in [2.45, 2.75) is 26.3 Å². The number of fused-ring (bicyclic) bond motifs is 1. The number of anilines is 1. The Balaban J connectivity index is 1.80. The maximum atomic E-state index is 4.39. The molecule has 2 rings (SSSR count). The van der Waals surface area contributed by atoms with E-state index in [1.165, 1.54) is 0 Å². The van der Waals surface area contributed by atoms with E-state index in [0.29, 0.717) is 12.0 Å². The average molecular weight is 247 g/mol. The third kappa shape index (κ3) is 3.20. The molecule has 2 heterocycles. The van der Waals surface area contributed by atoms with Crippen molar-refractivity contribution < 1.29 is 0 Å². The fourth-order valence-electron chi connectivity index (χ4n) is 1.69. The lowest BCUT2D eigenvalue weighted by Crippen LogP contribution is -2.28. The molecule has 0 amide bonds. The molecule has 18 heavy (non-hydrogen) atoms. The molecule has 0 spiro atoms. The van der Waals surface area contributed by atoms with Crippen LogP contribution >= 0.6 is 0 Å². The molecule has 0 saturated heterocycles. The Morgan fingerprint density at radius 3 is 2.94 bits per heavy atom. The normalized spacial score (nSPS) is 11.6. The van der Waals surface area contributed by atoms with E-state index in [0.717, 1.165) is 25.2 Å². The van der Waals surface area contributed by atoms with Crippen molar-refractivity contribution >= 4 is 11.6 Å². The molecule has 0 aromatic carbocycles. The van der Waals surface area contributed by atoms with E-state index in [4.69, 9.17) is 0 Å². The third-order valence-electron chi connectivity index (χ3n) is 3.09. The number of nitrogens with zero attached hydrogens (tertiary/aromatic N) is 4. The van der Waals surface area contributed by atoms with Crippen molar-refractivity contribution in [2.75, 3.05) is 25.5 Å². The largest absolute Gasteiger partial charge is 0.353 e. The summed E-state index contributed by atoms with van der Waals surface area (Å²) in [7, 11) is 2.15. The average Bonchev–Trinajstić information content (AvgIpc) is 2.76. The van der Waals surface area contributed by atoms with Gasteiger partial charge in [-0.25, -0.2) is 4.52 Å². The maximum Gasteiger partial charge on any atom is 0.243 e. The van der Waals surface area contributed by atoms with Crippen LogP contribution in [0.5, 0.6) is 0 Å². The van der Waals surface area contributed by atoms with Gasteiger partial charge in [0.1, 0.15) is 0 Å². The Morgan fingerprint density at radius 2 is 2.22 bits per heavy atom. The fourth-order valence-corrected chi connectivity index (χ4v) is 1.69. The molecule has 0 radical (unpaired) electrons. The molecule has 0 aliphatic rings. The first-order valence-corrected chi connectivity index (χ1v) is 6.42. The van der Waals surface area contributed by atoms with E-state index in [1.807, 2.05) is 24.4 Å². The van der Waals surface area contributed by atoms with Crippen LogP contribution in [-0.2, 0) is 0 Å². The van der Waals surface area contributed by atoms with Crippen LogP contribution in [0.2, 0.25) is 0 Å². The molecular formula is C13H21N5. The van der Waals surface area contributed by atoms with Gasteiger partial charge in [-0.15, -0.1) is 5.10 Å². The molecule has 5 nitrogen and oxygen atoms in total. The SMILES string of the molecule is CC(C)N(C)CCCNc1nc2ccccn2n1. The molecule has 0 fully saturated rings. The molecule has 1 N–H and O–H groups in total. The molecular weight excluding hydrogens is 226 g/mol. The summed E-state index contributed by atoms with van der Waals surface area (Å²) in [5.41, 5.74) is 0.874. The van der Waals surface area contributed by atoms with E-state index < -0.39 is 0 Å². The van der Waals surface area contributed by atoms with Crippen molar-refractivity contribution in [1.82, 2.24) is 19.5 Å². The van der Waals surface area contributed by atoms with Gasteiger partial charge in [-0.3, -0.25) is 0 Å². The van der Waals surface area contributed by atoms with Crippen LogP contribution in [0.3, 0.4) is 0 Å². The lowest BCUT2D eigenvalue weighted by molar-refractivity contribution is 0.273. The quantitative estimate of drug-likeness (QED) is 0.792. The van der Waals surface area contributed by atoms with E-state index in [1.54, 1.807) is 4.52 Å². The lowest BCUT2D eigenvalue weighted by Gasteiger charge is -2.20. The summed E-state index contributed by atoms with van der Waals surface area (Å²) in [5.74, 6) is 0.702. The topological polar surface area (TPSA) is 45.5 Å². The van der Waals surface area contributed by atoms with Crippen LogP contribution in [0, 0.1) is 0 Å². The van der Waals surface area contributed by atoms with Gasteiger partial charge in [0.05, 0.1) is 0 Å². The summed E-state index contributed by atoms with van der Waals surface area (Å²) in [6.07, 6.45) is 2.99. The van der Waals surface area contributed by atoms with Crippen molar-refractivity contribution in [3.8, 4) is 0 Å². The minimum absolute atomic E-state index is 0.596. The highest BCUT2D eigenvalue weighted by Gasteiger charge is 2.04.